The predicted octanol–water partition coefficient (Wildman–Crippen LogP) is 3.71. The largest absolute Gasteiger partial charge is 0.297 e. The van der Waals surface area contributed by atoms with Gasteiger partial charge in [0, 0.05) is 19.2 Å². The van der Waals surface area contributed by atoms with Crippen LogP contribution in [0.25, 0.3) is 0 Å². The van der Waals surface area contributed by atoms with E-state index in [1.165, 1.54) is 12.1 Å². The van der Waals surface area contributed by atoms with Crippen molar-refractivity contribution in [3.05, 3.63) is 51.8 Å². The molecule has 1 fully saturated rings. The number of aromatic amines is 1. The summed E-state index contributed by atoms with van der Waals surface area (Å²) in [6, 6.07) is 3.74. The van der Waals surface area contributed by atoms with E-state index in [9.17, 15) is 8.78 Å². The van der Waals surface area contributed by atoms with Crippen molar-refractivity contribution in [3.63, 3.8) is 0 Å². The van der Waals surface area contributed by atoms with E-state index in [1.807, 2.05) is 6.92 Å². The van der Waals surface area contributed by atoms with Crippen molar-refractivity contribution in [1.82, 2.24) is 15.1 Å². The van der Waals surface area contributed by atoms with Crippen LogP contribution in [0.2, 0.25) is 5.02 Å². The van der Waals surface area contributed by atoms with E-state index in [-0.39, 0.29) is 0 Å². The van der Waals surface area contributed by atoms with Gasteiger partial charge in [-0.05, 0) is 49.9 Å². The molecule has 1 saturated heterocycles. The van der Waals surface area contributed by atoms with Crippen molar-refractivity contribution < 1.29 is 8.78 Å². The van der Waals surface area contributed by atoms with Gasteiger partial charge >= 0.3 is 0 Å². The van der Waals surface area contributed by atoms with Crippen LogP contribution in [0.4, 0.5) is 8.78 Å². The van der Waals surface area contributed by atoms with Crippen LogP contribution in [-0.4, -0.2) is 28.2 Å². The fourth-order valence-electron chi connectivity index (χ4n) is 3.07. The van der Waals surface area contributed by atoms with Gasteiger partial charge in [-0.2, -0.15) is 5.10 Å². The second-order valence-electron chi connectivity index (χ2n) is 5.98. The van der Waals surface area contributed by atoms with Crippen molar-refractivity contribution in [1.29, 1.82) is 0 Å². The zero-order valence-corrected chi connectivity index (χ0v) is 13.1. The Hall–Kier alpha value is -1.46. The standard InChI is InChI=1S/C16H18ClF2N3/c1-10-16(17)15(21-20-10)9-22-3-2-11(8-22)4-12-5-13(18)7-14(19)6-12/h5-7,11H,2-4,8-9H2,1H3,(H,20,21). The Morgan fingerprint density at radius 1 is 1.32 bits per heavy atom. The fourth-order valence-corrected chi connectivity index (χ4v) is 3.21. The summed E-state index contributed by atoms with van der Waals surface area (Å²) in [6.45, 7) is 4.44. The van der Waals surface area contributed by atoms with E-state index in [4.69, 9.17) is 11.6 Å². The second-order valence-corrected chi connectivity index (χ2v) is 6.36. The monoisotopic (exact) mass is 325 g/mol. The summed E-state index contributed by atoms with van der Waals surface area (Å²) in [5.41, 5.74) is 2.46. The predicted molar refractivity (Wildman–Crippen MR) is 81.8 cm³/mol. The lowest BCUT2D eigenvalue weighted by Gasteiger charge is -2.15. The number of aromatic nitrogens is 2. The third-order valence-corrected chi connectivity index (χ3v) is 4.63. The topological polar surface area (TPSA) is 31.9 Å². The van der Waals surface area contributed by atoms with Gasteiger partial charge in [-0.3, -0.25) is 10.00 Å². The third-order valence-electron chi connectivity index (χ3n) is 4.13. The zero-order chi connectivity index (χ0) is 15.7. The van der Waals surface area contributed by atoms with Crippen LogP contribution in [0.15, 0.2) is 18.2 Å². The molecule has 3 rings (SSSR count). The van der Waals surface area contributed by atoms with Crippen LogP contribution in [-0.2, 0) is 13.0 Å². The van der Waals surface area contributed by atoms with Gasteiger partial charge in [-0.1, -0.05) is 11.6 Å². The van der Waals surface area contributed by atoms with Crippen molar-refractivity contribution in [3.8, 4) is 0 Å². The van der Waals surface area contributed by atoms with Gasteiger partial charge in [-0.15, -0.1) is 0 Å². The summed E-state index contributed by atoms with van der Waals surface area (Å²) in [5.74, 6) is -0.618. The van der Waals surface area contributed by atoms with Gasteiger partial charge < -0.3 is 0 Å². The molecule has 1 aromatic heterocycles. The van der Waals surface area contributed by atoms with Crippen LogP contribution < -0.4 is 0 Å². The molecule has 0 radical (unpaired) electrons. The summed E-state index contributed by atoms with van der Waals surface area (Å²) in [5, 5.41) is 7.79. The zero-order valence-electron chi connectivity index (χ0n) is 12.4. The van der Waals surface area contributed by atoms with Gasteiger partial charge in [0.1, 0.15) is 11.6 Å². The minimum absolute atomic E-state index is 0.403. The van der Waals surface area contributed by atoms with Crippen LogP contribution in [0.3, 0.4) is 0 Å². The molecule has 0 aliphatic carbocycles. The van der Waals surface area contributed by atoms with Gasteiger partial charge in [0.15, 0.2) is 0 Å². The first-order valence-electron chi connectivity index (χ1n) is 7.38. The highest BCUT2D eigenvalue weighted by Gasteiger charge is 2.24. The van der Waals surface area contributed by atoms with Crippen LogP contribution in [0.1, 0.15) is 23.4 Å². The van der Waals surface area contributed by atoms with Gasteiger partial charge in [0.2, 0.25) is 0 Å². The molecule has 1 N–H and O–H groups in total. The maximum absolute atomic E-state index is 13.2. The molecule has 0 bridgehead atoms. The molecule has 1 atom stereocenters. The molecule has 1 aliphatic heterocycles. The Morgan fingerprint density at radius 2 is 2.05 bits per heavy atom. The normalized spacial score (nSPS) is 19.0. The molecule has 1 aromatic carbocycles. The molecule has 22 heavy (non-hydrogen) atoms. The summed E-state index contributed by atoms with van der Waals surface area (Å²) in [4.78, 5) is 2.28. The maximum atomic E-state index is 13.2. The number of nitrogens with one attached hydrogen (secondary N) is 1. The molecule has 0 saturated carbocycles. The smallest absolute Gasteiger partial charge is 0.126 e. The number of halogens is 3. The number of likely N-dealkylation sites (tertiary alicyclic amines) is 1. The van der Waals surface area contributed by atoms with Crippen molar-refractivity contribution in [2.24, 2.45) is 5.92 Å². The van der Waals surface area contributed by atoms with Crippen LogP contribution in [0, 0.1) is 24.5 Å². The van der Waals surface area contributed by atoms with E-state index in [2.05, 4.69) is 15.1 Å². The second kappa shape index (κ2) is 6.34. The van der Waals surface area contributed by atoms with E-state index in [0.29, 0.717) is 23.9 Å². The number of hydrogen-bond donors (Lipinski definition) is 1. The Morgan fingerprint density at radius 3 is 2.68 bits per heavy atom. The molecular formula is C16H18ClF2N3. The van der Waals surface area contributed by atoms with Gasteiger partial charge in [0.25, 0.3) is 0 Å². The van der Waals surface area contributed by atoms with Crippen LogP contribution >= 0.6 is 11.6 Å². The minimum Gasteiger partial charge on any atom is -0.297 e. The quantitative estimate of drug-likeness (QED) is 0.929. The highest BCUT2D eigenvalue weighted by atomic mass is 35.5. The molecule has 0 amide bonds. The molecule has 1 unspecified atom stereocenters. The van der Waals surface area contributed by atoms with E-state index < -0.39 is 11.6 Å². The number of hydrogen-bond acceptors (Lipinski definition) is 2. The number of benzene rings is 1. The maximum Gasteiger partial charge on any atom is 0.126 e. The number of aryl methyl sites for hydroxylation is 1. The Labute approximate surface area is 133 Å². The lowest BCUT2D eigenvalue weighted by molar-refractivity contribution is 0.312. The molecular weight excluding hydrogens is 308 g/mol. The van der Waals surface area contributed by atoms with E-state index in [0.717, 1.165) is 42.5 Å². The summed E-state index contributed by atoms with van der Waals surface area (Å²) in [7, 11) is 0. The third kappa shape index (κ3) is 3.47. The lowest BCUT2D eigenvalue weighted by atomic mass is 9.98. The first-order chi connectivity index (χ1) is 10.5. The summed E-state index contributed by atoms with van der Waals surface area (Å²) >= 11 is 6.18. The molecule has 3 nitrogen and oxygen atoms in total. The number of nitrogens with zero attached hydrogens (tertiary/aromatic N) is 2. The summed E-state index contributed by atoms with van der Waals surface area (Å²) < 4.78 is 26.5. The Bertz CT molecular complexity index is 651. The molecule has 0 spiro atoms. The van der Waals surface area contributed by atoms with Crippen molar-refractivity contribution in [2.45, 2.75) is 26.3 Å². The number of rotatable bonds is 4. The van der Waals surface area contributed by atoms with Crippen molar-refractivity contribution in [2.75, 3.05) is 13.1 Å². The highest BCUT2D eigenvalue weighted by molar-refractivity contribution is 6.31. The molecule has 2 aromatic rings. The van der Waals surface area contributed by atoms with Gasteiger partial charge in [0.05, 0.1) is 16.4 Å². The Balaban J connectivity index is 1.59. The molecule has 118 valence electrons. The number of H-pyrrole nitrogens is 1. The van der Waals surface area contributed by atoms with Crippen LogP contribution in [0.5, 0.6) is 0 Å². The molecule has 2 heterocycles. The van der Waals surface area contributed by atoms with E-state index >= 15 is 0 Å². The Kier molecular flexibility index (Phi) is 4.45. The van der Waals surface area contributed by atoms with E-state index in [1.54, 1.807) is 0 Å². The fraction of sp³-hybridized carbons (Fsp3) is 0.438. The van der Waals surface area contributed by atoms with Crippen molar-refractivity contribution >= 4 is 11.6 Å². The van der Waals surface area contributed by atoms with Gasteiger partial charge in [-0.25, -0.2) is 8.78 Å². The average molecular weight is 326 g/mol. The first kappa shape index (κ1) is 15.4. The SMILES string of the molecule is Cc1[nH]nc(CN2CCC(Cc3cc(F)cc(F)c3)C2)c1Cl. The molecule has 1 aliphatic rings. The highest BCUT2D eigenvalue weighted by Crippen LogP contribution is 2.25. The minimum atomic E-state index is -0.511. The lowest BCUT2D eigenvalue weighted by Crippen LogP contribution is -2.21. The summed E-state index contributed by atoms with van der Waals surface area (Å²) in [6.07, 6.45) is 1.71. The average Bonchev–Trinajstić information content (AvgIpc) is 3.00. The molecule has 6 heteroatoms. The first-order valence-corrected chi connectivity index (χ1v) is 7.75.